The summed E-state index contributed by atoms with van der Waals surface area (Å²) in [6, 6.07) is 7.10. The number of hydrogen-bond acceptors (Lipinski definition) is 11. The van der Waals surface area contributed by atoms with Gasteiger partial charge >= 0.3 is 12.0 Å². The van der Waals surface area contributed by atoms with E-state index in [0.717, 1.165) is 59.9 Å². The molecule has 0 radical (unpaired) electrons. The van der Waals surface area contributed by atoms with E-state index < -0.39 is 6.04 Å². The minimum Gasteiger partial charge on any atom is -0.458 e. The van der Waals surface area contributed by atoms with Gasteiger partial charge in [-0.15, -0.1) is 11.3 Å². The lowest BCUT2D eigenvalue weighted by molar-refractivity contribution is -0.173. The maximum Gasteiger partial charge on any atom is 0.332 e. The molecule has 6 rings (SSSR count). The summed E-state index contributed by atoms with van der Waals surface area (Å²) in [5.41, 5.74) is 15.5. The van der Waals surface area contributed by atoms with E-state index in [1.807, 2.05) is 18.2 Å². The van der Waals surface area contributed by atoms with Crippen LogP contribution in [0.3, 0.4) is 0 Å². The number of piperazine rings is 1. The van der Waals surface area contributed by atoms with E-state index in [2.05, 4.69) is 21.2 Å². The number of nitrogens with one attached hydrogen (secondary N) is 1. The van der Waals surface area contributed by atoms with Gasteiger partial charge in [-0.3, -0.25) is 4.90 Å². The summed E-state index contributed by atoms with van der Waals surface area (Å²) in [5, 5.41) is 2.79. The van der Waals surface area contributed by atoms with Gasteiger partial charge in [0.2, 0.25) is 0 Å². The number of rotatable bonds is 6. The first-order valence-electron chi connectivity index (χ1n) is 13.6. The van der Waals surface area contributed by atoms with Gasteiger partial charge in [0.25, 0.3) is 0 Å². The topological polar surface area (TPSA) is 152 Å². The lowest BCUT2D eigenvalue weighted by Gasteiger charge is -2.37. The smallest absolute Gasteiger partial charge is 0.332 e. The van der Waals surface area contributed by atoms with Crippen molar-refractivity contribution in [1.29, 1.82) is 0 Å². The third kappa shape index (κ3) is 5.17. The molecule has 3 aromatic rings. The Morgan fingerprint density at radius 1 is 1.15 bits per heavy atom. The molecule has 1 unspecified atom stereocenters. The van der Waals surface area contributed by atoms with E-state index in [-0.39, 0.29) is 18.1 Å². The molecule has 2 atom stereocenters. The van der Waals surface area contributed by atoms with Crippen LogP contribution in [0.2, 0.25) is 0 Å². The quantitative estimate of drug-likeness (QED) is 0.295. The molecule has 5 N–H and O–H groups in total. The Morgan fingerprint density at radius 3 is 2.62 bits per heavy atom. The number of anilines is 2. The van der Waals surface area contributed by atoms with Gasteiger partial charge in [-0.05, 0) is 24.6 Å². The van der Waals surface area contributed by atoms with Crippen LogP contribution in [0.25, 0.3) is 21.6 Å². The Balaban J connectivity index is 1.21. The van der Waals surface area contributed by atoms with Gasteiger partial charge in [-0.25, -0.2) is 19.6 Å². The van der Waals surface area contributed by atoms with Crippen molar-refractivity contribution in [3.8, 4) is 11.4 Å². The van der Waals surface area contributed by atoms with Crippen molar-refractivity contribution >= 4 is 45.1 Å². The monoisotopic (exact) mass is 566 g/mol. The molecule has 0 aliphatic carbocycles. The molecular weight excluding hydrogens is 532 g/mol. The molecule has 3 fully saturated rings. The number of hydrogen-bond donors (Lipinski definition) is 3. The Morgan fingerprint density at radius 2 is 1.93 bits per heavy atom. The minimum absolute atomic E-state index is 0.216. The van der Waals surface area contributed by atoms with Crippen LogP contribution in [0.5, 0.6) is 0 Å². The molecule has 40 heavy (non-hydrogen) atoms. The number of morpholine rings is 1. The van der Waals surface area contributed by atoms with Crippen molar-refractivity contribution in [1.82, 2.24) is 25.1 Å². The van der Waals surface area contributed by atoms with E-state index in [9.17, 15) is 9.59 Å². The van der Waals surface area contributed by atoms with Gasteiger partial charge in [0.15, 0.2) is 17.7 Å². The van der Waals surface area contributed by atoms with Crippen LogP contribution < -0.4 is 21.7 Å². The van der Waals surface area contributed by atoms with E-state index in [4.69, 9.17) is 30.9 Å². The number of benzene rings is 1. The van der Waals surface area contributed by atoms with Crippen molar-refractivity contribution in [2.45, 2.75) is 32.2 Å². The molecule has 212 valence electrons. The van der Waals surface area contributed by atoms with Crippen molar-refractivity contribution in [2.75, 3.05) is 63.1 Å². The average molecular weight is 567 g/mol. The number of nitrogens with two attached hydrogens (primary N) is 2. The van der Waals surface area contributed by atoms with E-state index in [1.54, 1.807) is 23.2 Å². The number of ether oxygens (including phenoxy) is 2. The summed E-state index contributed by atoms with van der Waals surface area (Å²) in [6.45, 7) is 8.34. The number of aromatic nitrogens is 2. The summed E-state index contributed by atoms with van der Waals surface area (Å²) in [6.07, 6.45) is -0.280. The van der Waals surface area contributed by atoms with Crippen LogP contribution in [-0.4, -0.2) is 96.4 Å². The van der Waals surface area contributed by atoms with E-state index in [0.29, 0.717) is 44.4 Å². The number of cyclic esters (lactones) is 1. The third-order valence-corrected chi connectivity index (χ3v) is 8.82. The van der Waals surface area contributed by atoms with Crippen molar-refractivity contribution in [3.63, 3.8) is 0 Å². The number of carbonyl (C=O) groups excluding carboxylic acids is 2. The predicted molar refractivity (Wildman–Crippen MR) is 153 cm³/mol. The number of thiophene rings is 1. The average Bonchev–Trinajstić information content (AvgIpc) is 3.38. The number of nitrogen functional groups attached to an aromatic ring is 1. The lowest BCUT2D eigenvalue weighted by Crippen LogP contribution is -2.62. The standard InChI is InChI=1S/C27H34N8O4S/c1-16-22(26(36)39-16)31-27(37)35-7-5-33(6-8-35)15-17-13-21-23(40-17)25(34-9-11-38-12-10-34)32-24(30-21)18-3-2-4-20(29)19(18)14-28/h2-4,13,16,22H,5-12,14-15,28-29H2,1H3,(H,31,37)/t16-,22?/m1/s1. The first kappa shape index (κ1) is 26.7. The highest BCUT2D eigenvalue weighted by Gasteiger charge is 2.41. The van der Waals surface area contributed by atoms with Crippen LogP contribution in [0.4, 0.5) is 16.3 Å². The highest BCUT2D eigenvalue weighted by molar-refractivity contribution is 7.19. The van der Waals surface area contributed by atoms with Crippen LogP contribution >= 0.6 is 11.3 Å². The Labute approximate surface area is 236 Å². The molecule has 2 aromatic heterocycles. The molecule has 3 aliphatic rings. The van der Waals surface area contributed by atoms with Crippen molar-refractivity contribution in [3.05, 3.63) is 34.7 Å². The summed E-state index contributed by atoms with van der Waals surface area (Å²) >= 11 is 1.71. The van der Waals surface area contributed by atoms with Gasteiger partial charge in [0.05, 0.1) is 23.4 Å². The fourth-order valence-corrected chi connectivity index (χ4v) is 6.52. The van der Waals surface area contributed by atoms with Gasteiger partial charge in [-0.1, -0.05) is 12.1 Å². The zero-order valence-corrected chi connectivity index (χ0v) is 23.3. The Hall–Kier alpha value is -3.52. The summed E-state index contributed by atoms with van der Waals surface area (Å²) in [7, 11) is 0. The summed E-state index contributed by atoms with van der Waals surface area (Å²) in [4.78, 5) is 41.7. The highest BCUT2D eigenvalue weighted by atomic mass is 32.1. The fourth-order valence-electron chi connectivity index (χ4n) is 5.37. The molecule has 0 spiro atoms. The van der Waals surface area contributed by atoms with Crippen LogP contribution in [0.15, 0.2) is 24.3 Å². The molecule has 13 heteroatoms. The third-order valence-electron chi connectivity index (χ3n) is 7.72. The molecule has 5 heterocycles. The molecule has 0 saturated carbocycles. The lowest BCUT2D eigenvalue weighted by atomic mass is 10.0. The van der Waals surface area contributed by atoms with Crippen molar-refractivity contribution < 1.29 is 19.1 Å². The molecular formula is C27H34N8O4S. The largest absolute Gasteiger partial charge is 0.458 e. The second-order valence-electron chi connectivity index (χ2n) is 10.3. The molecule has 2 amide bonds. The maximum absolute atomic E-state index is 12.6. The molecule has 3 aliphatic heterocycles. The number of amides is 2. The number of fused-ring (bicyclic) bond motifs is 1. The van der Waals surface area contributed by atoms with E-state index in [1.165, 1.54) is 4.88 Å². The number of esters is 1. The number of nitrogens with zero attached hydrogens (tertiary/aromatic N) is 5. The van der Waals surface area contributed by atoms with Crippen LogP contribution in [0.1, 0.15) is 17.4 Å². The number of urea groups is 1. The summed E-state index contributed by atoms with van der Waals surface area (Å²) < 4.78 is 11.6. The zero-order chi connectivity index (χ0) is 27.8. The SMILES string of the molecule is C[C@H]1OC(=O)C1NC(=O)N1CCN(Cc2cc3nc(-c4cccc(N)c4CN)nc(N4CCOCC4)c3s2)CC1. The molecule has 3 saturated heterocycles. The van der Waals surface area contributed by atoms with Crippen molar-refractivity contribution in [2.24, 2.45) is 5.73 Å². The first-order chi connectivity index (χ1) is 19.4. The Bertz CT molecular complexity index is 1420. The second-order valence-corrected chi connectivity index (χ2v) is 11.4. The zero-order valence-electron chi connectivity index (χ0n) is 22.5. The van der Waals surface area contributed by atoms with Gasteiger partial charge in [0, 0.05) is 68.5 Å². The van der Waals surface area contributed by atoms with Gasteiger partial charge in [-0.2, -0.15) is 0 Å². The highest BCUT2D eigenvalue weighted by Crippen LogP contribution is 2.36. The fraction of sp³-hybridized carbons (Fsp3) is 0.481. The Kier molecular flexibility index (Phi) is 7.45. The van der Waals surface area contributed by atoms with Gasteiger partial charge in [0.1, 0.15) is 6.10 Å². The predicted octanol–water partition coefficient (Wildman–Crippen LogP) is 1.38. The van der Waals surface area contributed by atoms with Crippen LogP contribution in [-0.2, 0) is 27.4 Å². The van der Waals surface area contributed by atoms with E-state index >= 15 is 0 Å². The number of carbonyl (C=O) groups is 2. The maximum atomic E-state index is 12.6. The van der Waals surface area contributed by atoms with Crippen LogP contribution in [0, 0.1) is 0 Å². The summed E-state index contributed by atoms with van der Waals surface area (Å²) in [5.74, 6) is 1.16. The van der Waals surface area contributed by atoms with Gasteiger partial charge < -0.3 is 36.1 Å². The molecule has 0 bridgehead atoms. The molecule has 1 aromatic carbocycles. The first-order valence-corrected chi connectivity index (χ1v) is 14.4. The minimum atomic E-state index is -0.552. The second kappa shape index (κ2) is 11.2. The molecule has 12 nitrogen and oxygen atoms in total. The normalized spacial score (nSPS) is 21.8.